The van der Waals surface area contributed by atoms with Gasteiger partial charge in [0.2, 0.25) is 10.0 Å². The van der Waals surface area contributed by atoms with E-state index in [0.717, 1.165) is 18.8 Å². The number of hydrogen-bond acceptors (Lipinski definition) is 5. The van der Waals surface area contributed by atoms with Crippen LogP contribution in [0.5, 0.6) is 0 Å². The molecule has 2 rings (SSSR count). The van der Waals surface area contributed by atoms with E-state index in [0.29, 0.717) is 12.1 Å². The summed E-state index contributed by atoms with van der Waals surface area (Å²) in [5.41, 5.74) is 7.18. The zero-order chi connectivity index (χ0) is 15.8. The third-order valence-electron chi connectivity index (χ3n) is 4.28. The Labute approximate surface area is 127 Å². The molecule has 0 aliphatic carbocycles. The highest BCUT2D eigenvalue weighted by molar-refractivity contribution is 7.89. The molecule has 1 aromatic rings. The molecule has 0 aromatic heterocycles. The van der Waals surface area contributed by atoms with Crippen molar-refractivity contribution in [1.82, 2.24) is 9.62 Å². The molecular weight excluding hydrogens is 288 g/mol. The van der Waals surface area contributed by atoms with Crippen LogP contribution in [0.25, 0.3) is 0 Å². The van der Waals surface area contributed by atoms with Crippen molar-refractivity contribution in [2.75, 3.05) is 37.8 Å². The average molecular weight is 312 g/mol. The molecule has 1 fully saturated rings. The van der Waals surface area contributed by atoms with Crippen molar-refractivity contribution >= 4 is 21.4 Å². The SMILES string of the molecule is CNS(=O)(=O)c1ccc(N2CC(C)N(C)C(C)C2)cc1N. The van der Waals surface area contributed by atoms with Gasteiger partial charge in [-0.3, -0.25) is 4.90 Å². The van der Waals surface area contributed by atoms with E-state index in [9.17, 15) is 8.42 Å². The van der Waals surface area contributed by atoms with Crippen LogP contribution >= 0.6 is 0 Å². The van der Waals surface area contributed by atoms with Crippen LogP contribution in [0.3, 0.4) is 0 Å². The lowest BCUT2D eigenvalue weighted by Crippen LogP contribution is -2.55. The second-order valence-corrected chi connectivity index (χ2v) is 7.55. The first-order chi connectivity index (χ1) is 9.76. The van der Waals surface area contributed by atoms with E-state index >= 15 is 0 Å². The van der Waals surface area contributed by atoms with Gasteiger partial charge in [-0.1, -0.05) is 0 Å². The van der Waals surface area contributed by atoms with Gasteiger partial charge in [0.25, 0.3) is 0 Å². The van der Waals surface area contributed by atoms with E-state index in [1.807, 2.05) is 6.07 Å². The Morgan fingerprint density at radius 2 is 1.81 bits per heavy atom. The second kappa shape index (κ2) is 5.82. The minimum absolute atomic E-state index is 0.129. The van der Waals surface area contributed by atoms with Gasteiger partial charge in [-0.25, -0.2) is 13.1 Å². The van der Waals surface area contributed by atoms with Gasteiger partial charge in [0.15, 0.2) is 0 Å². The van der Waals surface area contributed by atoms with Crippen LogP contribution in [-0.2, 0) is 10.0 Å². The third-order valence-corrected chi connectivity index (χ3v) is 5.76. The van der Waals surface area contributed by atoms with Gasteiger partial charge >= 0.3 is 0 Å². The average Bonchev–Trinajstić information content (AvgIpc) is 2.43. The van der Waals surface area contributed by atoms with Crippen LogP contribution in [-0.4, -0.2) is 52.6 Å². The van der Waals surface area contributed by atoms with Crippen LogP contribution in [0, 0.1) is 0 Å². The Morgan fingerprint density at radius 1 is 1.24 bits per heavy atom. The summed E-state index contributed by atoms with van der Waals surface area (Å²) in [7, 11) is 0.00165. The molecule has 6 nitrogen and oxygen atoms in total. The Kier molecular flexibility index (Phi) is 4.46. The quantitative estimate of drug-likeness (QED) is 0.804. The van der Waals surface area contributed by atoms with Gasteiger partial charge in [0, 0.05) is 30.9 Å². The van der Waals surface area contributed by atoms with Gasteiger partial charge < -0.3 is 10.6 Å². The number of nitrogens with zero attached hydrogens (tertiary/aromatic N) is 2. The van der Waals surface area contributed by atoms with Crippen LogP contribution in [0.2, 0.25) is 0 Å². The number of likely N-dealkylation sites (N-methyl/N-ethyl adjacent to an activating group) is 1. The molecule has 1 saturated heterocycles. The first-order valence-corrected chi connectivity index (χ1v) is 8.54. The molecule has 2 atom stereocenters. The van der Waals surface area contributed by atoms with Gasteiger partial charge in [0.1, 0.15) is 4.90 Å². The van der Waals surface area contributed by atoms with Crippen molar-refractivity contribution in [3.05, 3.63) is 18.2 Å². The molecule has 118 valence electrons. The summed E-state index contributed by atoms with van der Waals surface area (Å²) in [6.45, 7) is 6.18. The number of sulfonamides is 1. The maximum absolute atomic E-state index is 11.8. The number of rotatable bonds is 3. The lowest BCUT2D eigenvalue weighted by molar-refractivity contribution is 0.170. The van der Waals surface area contributed by atoms with Crippen molar-refractivity contribution in [1.29, 1.82) is 0 Å². The molecule has 0 amide bonds. The Morgan fingerprint density at radius 3 is 2.29 bits per heavy atom. The largest absolute Gasteiger partial charge is 0.398 e. The highest BCUT2D eigenvalue weighted by atomic mass is 32.2. The Bertz CT molecular complexity index is 605. The molecule has 2 unspecified atom stereocenters. The lowest BCUT2D eigenvalue weighted by atomic mass is 10.1. The van der Waals surface area contributed by atoms with E-state index < -0.39 is 10.0 Å². The van der Waals surface area contributed by atoms with Gasteiger partial charge in [-0.15, -0.1) is 0 Å². The number of nitrogens with one attached hydrogen (secondary N) is 1. The third kappa shape index (κ3) is 3.14. The number of benzene rings is 1. The molecule has 0 saturated carbocycles. The topological polar surface area (TPSA) is 78.7 Å². The fourth-order valence-corrected chi connectivity index (χ4v) is 3.54. The predicted octanol–water partition coefficient (Wildman–Crippen LogP) is 0.706. The van der Waals surface area contributed by atoms with Crippen LogP contribution in [0.15, 0.2) is 23.1 Å². The van der Waals surface area contributed by atoms with E-state index in [4.69, 9.17) is 5.73 Å². The number of nitrogens with two attached hydrogens (primary N) is 1. The van der Waals surface area contributed by atoms with Crippen molar-refractivity contribution in [3.63, 3.8) is 0 Å². The van der Waals surface area contributed by atoms with Gasteiger partial charge in [-0.2, -0.15) is 0 Å². The molecule has 21 heavy (non-hydrogen) atoms. The zero-order valence-corrected chi connectivity index (χ0v) is 13.8. The molecule has 0 radical (unpaired) electrons. The zero-order valence-electron chi connectivity index (χ0n) is 13.0. The number of anilines is 2. The molecule has 7 heteroatoms. The van der Waals surface area contributed by atoms with Crippen LogP contribution < -0.4 is 15.4 Å². The number of nitrogen functional groups attached to an aromatic ring is 1. The van der Waals surface area contributed by atoms with Gasteiger partial charge in [-0.05, 0) is 46.1 Å². The van der Waals surface area contributed by atoms with E-state index in [2.05, 4.69) is 35.4 Å². The standard InChI is InChI=1S/C14H24N4O2S/c1-10-8-18(9-11(2)17(10)4)12-5-6-14(13(15)7-12)21(19,20)16-3/h5-7,10-11,16H,8-9,15H2,1-4H3. The summed E-state index contributed by atoms with van der Waals surface area (Å²) in [6, 6.07) is 6.02. The highest BCUT2D eigenvalue weighted by Gasteiger charge is 2.27. The molecule has 1 aromatic carbocycles. The normalized spacial score (nSPS) is 24.3. The molecule has 0 spiro atoms. The van der Waals surface area contributed by atoms with Crippen LogP contribution in [0.1, 0.15) is 13.8 Å². The molecule has 1 aliphatic rings. The Balaban J connectivity index is 2.29. The van der Waals surface area contributed by atoms with Crippen molar-refractivity contribution in [3.8, 4) is 0 Å². The Hall–Kier alpha value is -1.31. The summed E-state index contributed by atoms with van der Waals surface area (Å²) in [5.74, 6) is 0. The molecular formula is C14H24N4O2S. The first-order valence-electron chi connectivity index (χ1n) is 7.06. The lowest BCUT2D eigenvalue weighted by Gasteiger charge is -2.43. The van der Waals surface area contributed by atoms with E-state index in [1.165, 1.54) is 7.05 Å². The first kappa shape index (κ1) is 16.1. The highest BCUT2D eigenvalue weighted by Crippen LogP contribution is 2.27. The second-order valence-electron chi connectivity index (χ2n) is 5.70. The maximum Gasteiger partial charge on any atom is 0.242 e. The fourth-order valence-electron chi connectivity index (χ4n) is 2.70. The van der Waals surface area contributed by atoms with Gasteiger partial charge in [0.05, 0.1) is 5.69 Å². The summed E-state index contributed by atoms with van der Waals surface area (Å²) in [5, 5.41) is 0. The van der Waals surface area contributed by atoms with Crippen molar-refractivity contribution in [2.24, 2.45) is 0 Å². The maximum atomic E-state index is 11.8. The monoisotopic (exact) mass is 312 g/mol. The summed E-state index contributed by atoms with van der Waals surface area (Å²) >= 11 is 0. The summed E-state index contributed by atoms with van der Waals surface area (Å²) in [4.78, 5) is 4.73. The van der Waals surface area contributed by atoms with Crippen molar-refractivity contribution < 1.29 is 8.42 Å². The molecule has 0 bridgehead atoms. The van der Waals surface area contributed by atoms with E-state index in [-0.39, 0.29) is 10.6 Å². The molecule has 3 N–H and O–H groups in total. The van der Waals surface area contributed by atoms with Crippen LogP contribution in [0.4, 0.5) is 11.4 Å². The molecule has 1 heterocycles. The fraction of sp³-hybridized carbons (Fsp3) is 0.571. The summed E-state index contributed by atoms with van der Waals surface area (Å²) in [6.07, 6.45) is 0. The predicted molar refractivity (Wildman–Crippen MR) is 86.0 cm³/mol. The molecule has 1 aliphatic heterocycles. The minimum atomic E-state index is -3.51. The summed E-state index contributed by atoms with van der Waals surface area (Å²) < 4.78 is 26.0. The smallest absolute Gasteiger partial charge is 0.242 e. The van der Waals surface area contributed by atoms with E-state index in [1.54, 1.807) is 12.1 Å². The number of hydrogen-bond donors (Lipinski definition) is 2. The number of piperazine rings is 1. The minimum Gasteiger partial charge on any atom is -0.398 e. The van der Waals surface area contributed by atoms with Crippen molar-refractivity contribution in [2.45, 2.75) is 30.8 Å².